The van der Waals surface area contributed by atoms with Gasteiger partial charge in [0.1, 0.15) is 0 Å². The van der Waals surface area contributed by atoms with Crippen LogP contribution in [0.2, 0.25) is 5.02 Å². The van der Waals surface area contributed by atoms with E-state index in [1.807, 2.05) is 29.6 Å². The second-order valence-electron chi connectivity index (χ2n) is 3.98. The first-order valence-electron chi connectivity index (χ1n) is 5.37. The lowest BCUT2D eigenvalue weighted by atomic mass is 9.96. The first-order chi connectivity index (χ1) is 8.27. The topological polar surface area (TPSA) is 29.1 Å². The number of carbonyl (C=O) groups excluding carboxylic acids is 1. The lowest BCUT2D eigenvalue weighted by molar-refractivity contribution is 0.0970. The van der Waals surface area contributed by atoms with Gasteiger partial charge < -0.3 is 5.32 Å². The summed E-state index contributed by atoms with van der Waals surface area (Å²) in [5.41, 5.74) is 2.13. The molecule has 0 aliphatic carbocycles. The largest absolute Gasteiger partial charge is 0.384 e. The first kappa shape index (κ1) is 10.8. The minimum atomic E-state index is -0.109. The van der Waals surface area contributed by atoms with Gasteiger partial charge in [0.25, 0.3) is 0 Å². The van der Waals surface area contributed by atoms with E-state index in [0.29, 0.717) is 16.4 Å². The summed E-state index contributed by atoms with van der Waals surface area (Å²) in [4.78, 5) is 13.0. The molecular weight excluding hydrogens is 254 g/mol. The van der Waals surface area contributed by atoms with Crippen molar-refractivity contribution in [1.82, 2.24) is 0 Å². The Morgan fingerprint density at radius 1 is 1.35 bits per heavy atom. The molecule has 0 radical (unpaired) electrons. The molecule has 1 N–H and O–H groups in total. The fraction of sp³-hybridized carbons (Fsp3) is 0.154. The van der Waals surface area contributed by atoms with E-state index in [9.17, 15) is 4.79 Å². The predicted octanol–water partition coefficient (Wildman–Crippen LogP) is 3.79. The van der Waals surface area contributed by atoms with Gasteiger partial charge in [-0.2, -0.15) is 0 Å². The zero-order valence-electron chi connectivity index (χ0n) is 8.94. The molecule has 0 fully saturated rings. The molecule has 2 heterocycles. The van der Waals surface area contributed by atoms with Crippen molar-refractivity contribution in [2.24, 2.45) is 0 Å². The molecule has 0 amide bonds. The molecule has 0 saturated carbocycles. The lowest BCUT2D eigenvalue weighted by Gasteiger charge is -2.07. The normalized spacial score (nSPS) is 17.6. The first-order valence-corrected chi connectivity index (χ1v) is 6.63. The monoisotopic (exact) mass is 263 g/mol. The van der Waals surface area contributed by atoms with E-state index in [-0.39, 0.29) is 11.7 Å². The van der Waals surface area contributed by atoms with E-state index in [2.05, 4.69) is 5.32 Å². The van der Waals surface area contributed by atoms with Gasteiger partial charge in [-0.1, -0.05) is 29.8 Å². The minimum absolute atomic E-state index is 0.109. The zero-order chi connectivity index (χ0) is 11.8. The fourth-order valence-electron chi connectivity index (χ4n) is 2.15. The van der Waals surface area contributed by atoms with Crippen LogP contribution < -0.4 is 5.32 Å². The quantitative estimate of drug-likeness (QED) is 0.835. The van der Waals surface area contributed by atoms with Gasteiger partial charge >= 0.3 is 0 Å². The lowest BCUT2D eigenvalue weighted by Crippen LogP contribution is -2.13. The van der Waals surface area contributed by atoms with Crippen molar-refractivity contribution in [1.29, 1.82) is 0 Å². The number of rotatable bonds is 2. The summed E-state index contributed by atoms with van der Waals surface area (Å²) < 4.78 is 0. The molecule has 1 aliphatic heterocycles. The summed E-state index contributed by atoms with van der Waals surface area (Å²) in [6.07, 6.45) is 0. The summed E-state index contributed by atoms with van der Waals surface area (Å²) in [5, 5.41) is 5.66. The Morgan fingerprint density at radius 3 is 2.94 bits per heavy atom. The van der Waals surface area contributed by atoms with E-state index >= 15 is 0 Å². The Labute approximate surface area is 108 Å². The number of para-hydroxylation sites is 1. The molecule has 3 rings (SSSR count). The number of Topliss-reactive ketones (excluding diaryl/α,β-unsaturated/α-hetero) is 1. The molecule has 1 aromatic heterocycles. The molecule has 4 heteroatoms. The third kappa shape index (κ3) is 1.75. The van der Waals surface area contributed by atoms with Crippen molar-refractivity contribution in [3.8, 4) is 0 Å². The number of thiophene rings is 1. The molecule has 17 heavy (non-hydrogen) atoms. The van der Waals surface area contributed by atoms with Gasteiger partial charge in [0.2, 0.25) is 0 Å². The number of nitrogens with one attached hydrogen (secondary N) is 1. The van der Waals surface area contributed by atoms with Crippen molar-refractivity contribution < 1.29 is 4.79 Å². The van der Waals surface area contributed by atoms with E-state index in [1.165, 1.54) is 11.3 Å². The molecule has 2 aromatic rings. The molecule has 86 valence electrons. The second kappa shape index (κ2) is 4.17. The number of benzene rings is 1. The molecule has 1 aliphatic rings. The van der Waals surface area contributed by atoms with Gasteiger partial charge in [-0.25, -0.2) is 0 Å². The second-order valence-corrected chi connectivity index (χ2v) is 5.31. The van der Waals surface area contributed by atoms with Gasteiger partial charge in [0.15, 0.2) is 5.78 Å². The van der Waals surface area contributed by atoms with Crippen LogP contribution in [0.5, 0.6) is 0 Å². The number of fused-ring (bicyclic) bond motifs is 1. The van der Waals surface area contributed by atoms with Crippen LogP contribution in [0.15, 0.2) is 35.7 Å². The highest BCUT2D eigenvalue weighted by Crippen LogP contribution is 2.36. The van der Waals surface area contributed by atoms with Crippen LogP contribution in [-0.2, 0) is 0 Å². The maximum Gasteiger partial charge on any atom is 0.183 e. The number of carbonyl (C=O) groups is 1. The highest BCUT2D eigenvalue weighted by Gasteiger charge is 2.30. The van der Waals surface area contributed by atoms with E-state index in [1.54, 1.807) is 6.07 Å². The Kier molecular flexibility index (Phi) is 2.65. The predicted molar refractivity (Wildman–Crippen MR) is 71.3 cm³/mol. The average molecular weight is 264 g/mol. The van der Waals surface area contributed by atoms with Crippen LogP contribution in [0.4, 0.5) is 5.69 Å². The summed E-state index contributed by atoms with van der Waals surface area (Å²) in [7, 11) is 0. The Hall–Kier alpha value is -1.32. The molecule has 0 saturated heterocycles. The zero-order valence-corrected chi connectivity index (χ0v) is 10.5. The van der Waals surface area contributed by atoms with Crippen molar-refractivity contribution in [2.75, 3.05) is 11.9 Å². The van der Waals surface area contributed by atoms with Crippen LogP contribution >= 0.6 is 22.9 Å². The number of anilines is 1. The van der Waals surface area contributed by atoms with Crippen LogP contribution in [0, 0.1) is 0 Å². The summed E-state index contributed by atoms with van der Waals surface area (Å²) in [6, 6.07) is 9.70. The van der Waals surface area contributed by atoms with Crippen LogP contribution in [0.3, 0.4) is 0 Å². The highest BCUT2D eigenvalue weighted by molar-refractivity contribution is 7.12. The standard InChI is InChI=1S/C13H10ClNOS/c14-10-5-6-17-13(10)12(16)9-7-15-11-4-2-1-3-8(9)11/h1-6,9,15H,7H2. The smallest absolute Gasteiger partial charge is 0.183 e. The van der Waals surface area contributed by atoms with Crippen LogP contribution in [0.1, 0.15) is 21.2 Å². The summed E-state index contributed by atoms with van der Waals surface area (Å²) in [6.45, 7) is 0.659. The minimum Gasteiger partial charge on any atom is -0.384 e. The van der Waals surface area contributed by atoms with Crippen LogP contribution in [0.25, 0.3) is 0 Å². The molecule has 1 atom stereocenters. The van der Waals surface area contributed by atoms with Gasteiger partial charge in [-0.05, 0) is 23.1 Å². The number of hydrogen-bond donors (Lipinski definition) is 1. The van der Waals surface area contributed by atoms with Crippen molar-refractivity contribution >= 4 is 34.4 Å². The third-order valence-corrected chi connectivity index (χ3v) is 4.35. The Balaban J connectivity index is 1.98. The van der Waals surface area contributed by atoms with Gasteiger partial charge in [-0.15, -0.1) is 11.3 Å². The Bertz CT molecular complexity index is 578. The number of hydrogen-bond acceptors (Lipinski definition) is 3. The van der Waals surface area contributed by atoms with Gasteiger partial charge in [-0.3, -0.25) is 4.79 Å². The molecule has 2 nitrogen and oxygen atoms in total. The SMILES string of the molecule is O=C(c1sccc1Cl)C1CNc2ccccc21. The third-order valence-electron chi connectivity index (χ3n) is 2.99. The van der Waals surface area contributed by atoms with Gasteiger partial charge in [0.05, 0.1) is 15.8 Å². The molecule has 0 bridgehead atoms. The van der Waals surface area contributed by atoms with Gasteiger partial charge in [0, 0.05) is 12.2 Å². The molecular formula is C13H10ClNOS. The van der Waals surface area contributed by atoms with E-state index in [0.717, 1.165) is 11.3 Å². The van der Waals surface area contributed by atoms with Crippen molar-refractivity contribution in [3.63, 3.8) is 0 Å². The van der Waals surface area contributed by atoms with E-state index < -0.39 is 0 Å². The van der Waals surface area contributed by atoms with E-state index in [4.69, 9.17) is 11.6 Å². The maximum absolute atomic E-state index is 12.4. The fourth-order valence-corrected chi connectivity index (χ4v) is 3.29. The maximum atomic E-state index is 12.4. The van der Waals surface area contributed by atoms with Crippen LogP contribution in [-0.4, -0.2) is 12.3 Å². The summed E-state index contributed by atoms with van der Waals surface area (Å²) >= 11 is 7.42. The van der Waals surface area contributed by atoms with Crippen molar-refractivity contribution in [2.45, 2.75) is 5.92 Å². The highest BCUT2D eigenvalue weighted by atomic mass is 35.5. The molecule has 0 spiro atoms. The number of ketones is 1. The Morgan fingerprint density at radius 2 is 2.18 bits per heavy atom. The van der Waals surface area contributed by atoms with Crippen molar-refractivity contribution in [3.05, 3.63) is 51.2 Å². The molecule has 1 unspecified atom stereocenters. The average Bonchev–Trinajstić information content (AvgIpc) is 2.94. The summed E-state index contributed by atoms with van der Waals surface area (Å²) in [5.74, 6) is 0.00444. The molecule has 1 aromatic carbocycles. The number of halogens is 1.